The van der Waals surface area contributed by atoms with Crippen molar-refractivity contribution in [2.24, 2.45) is 23.2 Å². The van der Waals surface area contributed by atoms with Crippen LogP contribution < -0.4 is 5.32 Å². The van der Waals surface area contributed by atoms with E-state index in [4.69, 9.17) is 0 Å². The Balaban J connectivity index is 1.72. The van der Waals surface area contributed by atoms with Gasteiger partial charge in [-0.05, 0) is 35.7 Å². The van der Waals surface area contributed by atoms with E-state index >= 15 is 0 Å². The molecule has 108 valence electrons. The Labute approximate surface area is 120 Å². The summed E-state index contributed by atoms with van der Waals surface area (Å²) >= 11 is 0. The molecule has 20 heavy (non-hydrogen) atoms. The molecule has 0 saturated heterocycles. The molecule has 2 bridgehead atoms. The van der Waals surface area contributed by atoms with Crippen molar-refractivity contribution >= 4 is 5.97 Å². The van der Waals surface area contributed by atoms with Crippen LogP contribution in [0.1, 0.15) is 32.3 Å². The van der Waals surface area contributed by atoms with Crippen LogP contribution in [0.2, 0.25) is 0 Å². The highest BCUT2D eigenvalue weighted by Crippen LogP contribution is 2.60. The van der Waals surface area contributed by atoms with Gasteiger partial charge in [0.15, 0.2) is 0 Å². The summed E-state index contributed by atoms with van der Waals surface area (Å²) in [6.07, 6.45) is 2.01. The van der Waals surface area contributed by atoms with E-state index in [0.29, 0.717) is 17.3 Å². The third kappa shape index (κ3) is 2.14. The number of rotatable bonds is 4. The fraction of sp³-hybridized carbons (Fsp3) is 0.588. The molecule has 3 aliphatic carbocycles. The summed E-state index contributed by atoms with van der Waals surface area (Å²) in [5.74, 6) is 0.214. The average Bonchev–Trinajstić information content (AvgIpc) is 2.45. The molecule has 1 aromatic rings. The first-order valence-corrected chi connectivity index (χ1v) is 7.50. The fourth-order valence-corrected chi connectivity index (χ4v) is 4.17. The van der Waals surface area contributed by atoms with Gasteiger partial charge in [0.1, 0.15) is 0 Å². The molecule has 0 radical (unpaired) electrons. The minimum atomic E-state index is -0.638. The first-order valence-electron chi connectivity index (χ1n) is 7.50. The van der Waals surface area contributed by atoms with Crippen LogP contribution in [0.5, 0.6) is 0 Å². The first kappa shape index (κ1) is 13.6. The van der Waals surface area contributed by atoms with Crippen LogP contribution in [0, 0.1) is 23.2 Å². The molecular weight excluding hydrogens is 250 g/mol. The van der Waals surface area contributed by atoms with Crippen LogP contribution >= 0.6 is 0 Å². The molecule has 3 saturated carbocycles. The number of carboxylic acids is 1. The highest BCUT2D eigenvalue weighted by Gasteiger charge is 2.59. The Morgan fingerprint density at radius 3 is 2.60 bits per heavy atom. The van der Waals surface area contributed by atoms with E-state index in [1.807, 2.05) is 18.2 Å². The van der Waals surface area contributed by atoms with E-state index in [9.17, 15) is 9.90 Å². The van der Waals surface area contributed by atoms with Gasteiger partial charge in [-0.2, -0.15) is 0 Å². The van der Waals surface area contributed by atoms with Crippen molar-refractivity contribution in [3.05, 3.63) is 35.9 Å². The number of fused-ring (bicyclic) bond motifs is 2. The predicted molar refractivity (Wildman–Crippen MR) is 78.2 cm³/mol. The van der Waals surface area contributed by atoms with Gasteiger partial charge in [0.05, 0.1) is 5.92 Å². The van der Waals surface area contributed by atoms with E-state index in [2.05, 4.69) is 31.3 Å². The number of hydrogen-bond acceptors (Lipinski definition) is 2. The molecule has 3 heteroatoms. The smallest absolute Gasteiger partial charge is 0.308 e. The fourth-order valence-electron chi connectivity index (χ4n) is 4.17. The van der Waals surface area contributed by atoms with Crippen molar-refractivity contribution < 1.29 is 9.90 Å². The van der Waals surface area contributed by atoms with Crippen LogP contribution in [0.15, 0.2) is 30.3 Å². The number of carboxylic acid groups (broad SMARTS) is 1. The lowest BCUT2D eigenvalue weighted by atomic mass is 9.45. The Morgan fingerprint density at radius 1 is 1.30 bits per heavy atom. The Kier molecular flexibility index (Phi) is 3.33. The van der Waals surface area contributed by atoms with Gasteiger partial charge in [0.25, 0.3) is 0 Å². The molecule has 0 amide bonds. The molecule has 0 aromatic heterocycles. The van der Waals surface area contributed by atoms with Gasteiger partial charge in [-0.15, -0.1) is 0 Å². The number of hydrogen-bond donors (Lipinski definition) is 2. The van der Waals surface area contributed by atoms with Gasteiger partial charge >= 0.3 is 5.97 Å². The molecule has 3 fully saturated rings. The SMILES string of the molecule is CC1(C)[C@H]2C[C@@H]1[C@H](NCc1ccccc1)[C@H](C(=O)O)C2. The molecule has 4 atom stereocenters. The quantitative estimate of drug-likeness (QED) is 0.887. The number of nitrogens with one attached hydrogen (secondary N) is 1. The second-order valence-corrected chi connectivity index (χ2v) is 6.93. The van der Waals surface area contributed by atoms with E-state index < -0.39 is 5.97 Å². The van der Waals surface area contributed by atoms with Crippen molar-refractivity contribution in [2.45, 2.75) is 39.3 Å². The first-order chi connectivity index (χ1) is 9.50. The number of aliphatic carboxylic acids is 1. The van der Waals surface area contributed by atoms with Crippen LogP contribution in [0.3, 0.4) is 0 Å². The maximum Gasteiger partial charge on any atom is 0.308 e. The highest BCUT2D eigenvalue weighted by atomic mass is 16.4. The minimum Gasteiger partial charge on any atom is -0.481 e. The molecule has 4 rings (SSSR count). The average molecular weight is 273 g/mol. The van der Waals surface area contributed by atoms with Crippen LogP contribution in [-0.2, 0) is 11.3 Å². The molecule has 3 aliphatic rings. The topological polar surface area (TPSA) is 49.3 Å². The molecule has 0 spiro atoms. The maximum atomic E-state index is 11.5. The largest absolute Gasteiger partial charge is 0.481 e. The van der Waals surface area contributed by atoms with Gasteiger partial charge in [-0.25, -0.2) is 0 Å². The summed E-state index contributed by atoms with van der Waals surface area (Å²) in [5, 5.41) is 13.0. The summed E-state index contributed by atoms with van der Waals surface area (Å²) in [6.45, 7) is 5.34. The van der Waals surface area contributed by atoms with Gasteiger partial charge in [-0.3, -0.25) is 4.79 Å². The standard InChI is InChI=1S/C17H23NO2/c1-17(2)12-8-13(16(19)20)15(14(17)9-12)18-10-11-6-4-3-5-7-11/h3-7,12-15,18H,8-10H2,1-2H3,(H,19,20)/t12-,13-,14-,15-/m1/s1. The Bertz CT molecular complexity index is 497. The normalized spacial score (nSPS) is 34.3. The number of benzene rings is 1. The zero-order valence-corrected chi connectivity index (χ0v) is 12.2. The lowest BCUT2D eigenvalue weighted by Gasteiger charge is -2.62. The third-order valence-electron chi connectivity index (χ3n) is 5.65. The highest BCUT2D eigenvalue weighted by molar-refractivity contribution is 5.71. The Hall–Kier alpha value is -1.35. The maximum absolute atomic E-state index is 11.5. The van der Waals surface area contributed by atoms with Crippen molar-refractivity contribution in [1.82, 2.24) is 5.32 Å². The zero-order valence-electron chi connectivity index (χ0n) is 12.2. The van der Waals surface area contributed by atoms with Crippen molar-refractivity contribution in [1.29, 1.82) is 0 Å². The van der Waals surface area contributed by atoms with Crippen LogP contribution in [0.4, 0.5) is 0 Å². The summed E-state index contributed by atoms with van der Waals surface area (Å²) in [7, 11) is 0. The summed E-state index contributed by atoms with van der Waals surface area (Å²) in [5.41, 5.74) is 1.51. The van der Waals surface area contributed by atoms with E-state index in [1.165, 1.54) is 12.0 Å². The summed E-state index contributed by atoms with van der Waals surface area (Å²) in [6, 6.07) is 10.3. The summed E-state index contributed by atoms with van der Waals surface area (Å²) < 4.78 is 0. The molecule has 0 heterocycles. The van der Waals surface area contributed by atoms with E-state index in [-0.39, 0.29) is 12.0 Å². The lowest BCUT2D eigenvalue weighted by molar-refractivity contribution is -0.162. The van der Waals surface area contributed by atoms with Gasteiger partial charge in [0, 0.05) is 12.6 Å². The summed E-state index contributed by atoms with van der Waals surface area (Å²) in [4.78, 5) is 11.5. The molecule has 1 aromatic carbocycles. The zero-order chi connectivity index (χ0) is 14.3. The second-order valence-electron chi connectivity index (χ2n) is 6.93. The van der Waals surface area contributed by atoms with Gasteiger partial charge in [-0.1, -0.05) is 44.2 Å². The molecular formula is C17H23NO2. The molecule has 2 N–H and O–H groups in total. The van der Waals surface area contributed by atoms with Crippen molar-refractivity contribution in [3.63, 3.8) is 0 Å². The molecule has 3 nitrogen and oxygen atoms in total. The van der Waals surface area contributed by atoms with E-state index in [1.54, 1.807) is 0 Å². The molecule has 0 unspecified atom stereocenters. The lowest BCUT2D eigenvalue weighted by Crippen LogP contribution is -2.63. The van der Waals surface area contributed by atoms with Crippen molar-refractivity contribution in [2.75, 3.05) is 0 Å². The third-order valence-corrected chi connectivity index (χ3v) is 5.65. The van der Waals surface area contributed by atoms with Crippen molar-refractivity contribution in [3.8, 4) is 0 Å². The van der Waals surface area contributed by atoms with E-state index in [0.717, 1.165) is 13.0 Å². The Morgan fingerprint density at radius 2 is 2.00 bits per heavy atom. The monoisotopic (exact) mass is 273 g/mol. The minimum absolute atomic E-state index is 0.104. The van der Waals surface area contributed by atoms with Gasteiger partial charge in [0.2, 0.25) is 0 Å². The van der Waals surface area contributed by atoms with Crippen LogP contribution in [0.25, 0.3) is 0 Å². The van der Waals surface area contributed by atoms with Crippen LogP contribution in [-0.4, -0.2) is 17.1 Å². The second kappa shape index (κ2) is 4.88. The predicted octanol–water partition coefficient (Wildman–Crippen LogP) is 2.91. The van der Waals surface area contributed by atoms with Gasteiger partial charge < -0.3 is 10.4 Å². The molecule has 0 aliphatic heterocycles. The number of carbonyl (C=O) groups is 1.